The summed E-state index contributed by atoms with van der Waals surface area (Å²) in [4.78, 5) is 0. The smallest absolute Gasteiger partial charge is 0.0149 e. The molecule has 0 bridgehead atoms. The van der Waals surface area contributed by atoms with Gasteiger partial charge < -0.3 is 0 Å². The molecule has 46 valence electrons. The molecule has 0 amide bonds. The molecule has 0 aromatic carbocycles. The predicted molar refractivity (Wildman–Crippen MR) is 21.3 cm³/mol. The van der Waals surface area contributed by atoms with Gasteiger partial charge in [0.15, 0.2) is 0 Å². The first-order valence-electron chi connectivity index (χ1n) is 0. The van der Waals surface area contributed by atoms with Gasteiger partial charge in [-0.25, -0.2) is 0 Å². The molecule has 0 radical (unpaired) electrons. The Morgan fingerprint density at radius 2 is 0.667 bits per heavy atom. The van der Waals surface area contributed by atoms with Crippen LogP contribution in [-0.4, -0.2) is 19.4 Å². The summed E-state index contributed by atoms with van der Waals surface area (Å²) in [5.41, 5.74) is 0. The summed E-state index contributed by atoms with van der Waals surface area (Å²) in [6, 6.07) is 0. The molecule has 0 nitrogen and oxygen atoms in total. The topological polar surface area (TPSA) is 0 Å². The Morgan fingerprint density at radius 1 is 0.667 bits per heavy atom. The summed E-state index contributed by atoms with van der Waals surface area (Å²) < 4.78 is 0. The normalized spacial score (nSPS) is 0. The van der Waals surface area contributed by atoms with Gasteiger partial charge in [-0.3, -0.25) is 0 Å². The van der Waals surface area contributed by atoms with Gasteiger partial charge in [0.1, 0.15) is 0 Å². The van der Waals surface area contributed by atoms with Crippen LogP contribution in [0.15, 0.2) is 0 Å². The molecule has 6 heavy (non-hydrogen) atoms. The van der Waals surface area contributed by atoms with Crippen LogP contribution < -0.4 is 0 Å². The monoisotopic (exact) mass is 266 g/mol. The average Bonchev–Trinajstić information content (AvgIpc) is 0. The second-order valence-corrected chi connectivity index (χ2v) is 0. The molecule has 0 saturated carbocycles. The van der Waals surface area contributed by atoms with Crippen molar-refractivity contribution in [3.63, 3.8) is 0 Å². The fraction of sp³-hybridized carbons (Fsp3) is 0. The van der Waals surface area contributed by atoms with Crippen molar-refractivity contribution < 1.29 is 67.7 Å². The van der Waals surface area contributed by atoms with Gasteiger partial charge >= 0.3 is 0 Å². The van der Waals surface area contributed by atoms with Crippen molar-refractivity contribution in [1.29, 1.82) is 0 Å². The van der Waals surface area contributed by atoms with Crippen LogP contribution in [0.4, 0.5) is 0 Å². The van der Waals surface area contributed by atoms with Gasteiger partial charge in [-0.2, -0.15) is 0 Å². The summed E-state index contributed by atoms with van der Waals surface area (Å²) in [6.45, 7) is 0. The maximum absolute atomic E-state index is 0. The van der Waals surface area contributed by atoms with Crippen LogP contribution in [0, 0.1) is 0 Å². The van der Waals surface area contributed by atoms with Gasteiger partial charge in [0.25, 0.3) is 0 Å². The SMILES string of the molecule is B.[Cr].[Cr].[Ni].[Ni].[SiH4]. The first-order chi connectivity index (χ1) is 0. The molecular formula is H7BCr2Ni2Si. The van der Waals surface area contributed by atoms with E-state index in [0.717, 1.165) is 0 Å². The number of hydrogen-bond donors (Lipinski definition) is 0. The Balaban J connectivity index is 0. The van der Waals surface area contributed by atoms with Crippen LogP contribution in [0.25, 0.3) is 0 Å². The first kappa shape index (κ1) is 82.3. The molecule has 0 heterocycles. The fourth-order valence-corrected chi connectivity index (χ4v) is 0. The molecule has 0 saturated heterocycles. The van der Waals surface area contributed by atoms with Crippen molar-refractivity contribution in [1.82, 2.24) is 0 Å². The fourth-order valence-electron chi connectivity index (χ4n) is 0. The van der Waals surface area contributed by atoms with E-state index in [-0.39, 0.29) is 87.1 Å². The van der Waals surface area contributed by atoms with E-state index < -0.39 is 0 Å². The molecule has 0 spiro atoms. The second-order valence-electron chi connectivity index (χ2n) is 0. The third-order valence-corrected chi connectivity index (χ3v) is 0. The summed E-state index contributed by atoms with van der Waals surface area (Å²) >= 11 is 0. The maximum Gasteiger partial charge on any atom is 0.0814 e. The minimum atomic E-state index is 0. The molecule has 0 fully saturated rings. The third-order valence-electron chi connectivity index (χ3n) is 0. The molecule has 0 aromatic rings. The predicted octanol–water partition coefficient (Wildman–Crippen LogP) is -2.65. The Morgan fingerprint density at radius 3 is 0.667 bits per heavy atom. The van der Waals surface area contributed by atoms with E-state index >= 15 is 0 Å². The van der Waals surface area contributed by atoms with Crippen LogP contribution in [0.1, 0.15) is 0 Å². The van der Waals surface area contributed by atoms with E-state index in [2.05, 4.69) is 0 Å². The van der Waals surface area contributed by atoms with Gasteiger partial charge in [-0.15, -0.1) is 0 Å². The molecular weight excluding hydrogens is 260 g/mol. The van der Waals surface area contributed by atoms with Crippen molar-refractivity contribution in [2.75, 3.05) is 0 Å². The van der Waals surface area contributed by atoms with Crippen LogP contribution in [0.5, 0.6) is 0 Å². The Labute approximate surface area is 86.3 Å². The van der Waals surface area contributed by atoms with E-state index in [4.69, 9.17) is 0 Å². The van der Waals surface area contributed by atoms with Crippen LogP contribution in [0.3, 0.4) is 0 Å². The first-order valence-corrected chi connectivity index (χ1v) is 0. The molecule has 0 aliphatic rings. The summed E-state index contributed by atoms with van der Waals surface area (Å²) in [6.07, 6.45) is 0. The zero-order chi connectivity index (χ0) is 0. The Hall–Kier alpha value is 2.33. The second kappa shape index (κ2) is 54.0. The van der Waals surface area contributed by atoms with E-state index in [1.54, 1.807) is 0 Å². The van der Waals surface area contributed by atoms with Crippen LogP contribution in [0.2, 0.25) is 0 Å². The Kier molecular flexibility index (Phi) is 741. The zero-order valence-corrected chi connectivity index (χ0v) is 5.97. The number of hydrogen-bond acceptors (Lipinski definition) is 0. The zero-order valence-electron chi connectivity index (χ0n) is 1.45. The molecule has 6 heteroatoms. The van der Waals surface area contributed by atoms with Crippen molar-refractivity contribution in [3.8, 4) is 0 Å². The van der Waals surface area contributed by atoms with Crippen molar-refractivity contribution in [2.45, 2.75) is 0 Å². The van der Waals surface area contributed by atoms with Gasteiger partial charge in [-0.1, -0.05) is 0 Å². The van der Waals surface area contributed by atoms with Gasteiger partial charge in [0.05, 0.1) is 8.41 Å². The van der Waals surface area contributed by atoms with E-state index in [0.29, 0.717) is 0 Å². The molecule has 0 aliphatic carbocycles. The van der Waals surface area contributed by atoms with Gasteiger partial charge in [0.2, 0.25) is 0 Å². The minimum Gasteiger partial charge on any atom is -0.0149 e. The maximum atomic E-state index is 0. The van der Waals surface area contributed by atoms with Crippen molar-refractivity contribution in [2.24, 2.45) is 0 Å². The summed E-state index contributed by atoms with van der Waals surface area (Å²) in [5, 5.41) is 0. The summed E-state index contributed by atoms with van der Waals surface area (Å²) in [5.74, 6) is 0. The van der Waals surface area contributed by atoms with Crippen molar-refractivity contribution >= 4 is 19.4 Å². The van der Waals surface area contributed by atoms with E-state index in [9.17, 15) is 0 Å². The Bertz CT molecular complexity index is 11.5. The molecule has 0 N–H and O–H groups in total. The van der Waals surface area contributed by atoms with E-state index in [1.165, 1.54) is 0 Å². The van der Waals surface area contributed by atoms with Gasteiger partial charge in [-0.05, 0) is 11.0 Å². The molecule has 0 unspecified atom stereocenters. The van der Waals surface area contributed by atoms with E-state index in [1.807, 2.05) is 0 Å². The average molecular weight is 267 g/mol. The van der Waals surface area contributed by atoms with Crippen LogP contribution in [-0.2, 0) is 67.7 Å². The minimum absolute atomic E-state index is 0. The van der Waals surface area contributed by atoms with Gasteiger partial charge in [0, 0.05) is 67.7 Å². The van der Waals surface area contributed by atoms with Crippen LogP contribution >= 0.6 is 0 Å². The standard InChI is InChI=1S/BH3.2Cr.2Ni.H4Si/h1H3;;;;;1H4. The molecule has 0 rings (SSSR count). The summed E-state index contributed by atoms with van der Waals surface area (Å²) in [7, 11) is 0. The molecule has 0 atom stereocenters. The molecule has 0 aliphatic heterocycles. The third kappa shape index (κ3) is 33.1. The quantitative estimate of drug-likeness (QED) is 0.421. The molecule has 0 aromatic heterocycles. The van der Waals surface area contributed by atoms with Crippen molar-refractivity contribution in [3.05, 3.63) is 0 Å². The largest absolute Gasteiger partial charge is 0.0814 e. The number of rotatable bonds is 0.